The van der Waals surface area contributed by atoms with Crippen molar-refractivity contribution in [2.24, 2.45) is 5.89 Å². The van der Waals surface area contributed by atoms with Crippen LogP contribution in [0.2, 0.25) is 0 Å². The van der Waals surface area contributed by atoms with Crippen LogP contribution in [0.25, 0.3) is 0 Å². The van der Waals surface area contributed by atoms with Gasteiger partial charge >= 0.3 is 0 Å². The standard InChI is InChI=1S/C12H20O/c1-12(2)8-11(9-13-12)10-6-4-3-5-7-10/h6,11H,3-5,7-9H2,1-2H3/i9D2,11D. The lowest BCUT2D eigenvalue weighted by atomic mass is 9.85. The van der Waals surface area contributed by atoms with E-state index < -0.39 is 18.1 Å². The first kappa shape index (κ1) is 6.23. The first-order chi connectivity index (χ1) is 7.27. The largest absolute Gasteiger partial charge is 0.375 e. The maximum absolute atomic E-state index is 8.47. The molecular weight excluding hydrogens is 160 g/mol. The molecule has 1 aliphatic carbocycles. The first-order valence-corrected chi connectivity index (χ1v) is 5.17. The molecule has 0 saturated carbocycles. The van der Waals surface area contributed by atoms with Crippen molar-refractivity contribution < 1.29 is 8.85 Å². The maximum atomic E-state index is 8.47. The third-order valence-corrected chi connectivity index (χ3v) is 2.73. The fraction of sp³-hybridized carbons (Fsp3) is 0.833. The topological polar surface area (TPSA) is 9.23 Å². The molecule has 1 atom stereocenters. The molecule has 1 saturated heterocycles. The van der Waals surface area contributed by atoms with E-state index in [2.05, 4.69) is 6.08 Å². The highest BCUT2D eigenvalue weighted by molar-refractivity contribution is 5.12. The Kier molecular flexibility index (Phi) is 1.66. The summed E-state index contributed by atoms with van der Waals surface area (Å²) in [5, 5.41) is 0. The van der Waals surface area contributed by atoms with Crippen LogP contribution in [-0.2, 0) is 4.74 Å². The molecule has 0 N–H and O–H groups in total. The van der Waals surface area contributed by atoms with Gasteiger partial charge in [0, 0.05) is 7.26 Å². The van der Waals surface area contributed by atoms with Crippen molar-refractivity contribution in [3.8, 4) is 0 Å². The van der Waals surface area contributed by atoms with Crippen LogP contribution in [0.15, 0.2) is 11.6 Å². The molecule has 0 spiro atoms. The number of hydrogen-bond donors (Lipinski definition) is 0. The molecule has 74 valence electrons. The summed E-state index contributed by atoms with van der Waals surface area (Å²) in [6.07, 6.45) is 6.56. The monoisotopic (exact) mass is 183 g/mol. The van der Waals surface area contributed by atoms with E-state index >= 15 is 0 Å². The molecule has 1 nitrogen and oxygen atoms in total. The molecule has 0 bridgehead atoms. The second kappa shape index (κ2) is 3.45. The van der Waals surface area contributed by atoms with E-state index in [1.165, 1.54) is 0 Å². The lowest BCUT2D eigenvalue weighted by molar-refractivity contribution is 0.0355. The van der Waals surface area contributed by atoms with E-state index in [9.17, 15) is 0 Å². The van der Waals surface area contributed by atoms with Crippen molar-refractivity contribution in [2.45, 2.75) is 51.6 Å². The van der Waals surface area contributed by atoms with Gasteiger partial charge in [-0.25, -0.2) is 0 Å². The fourth-order valence-electron chi connectivity index (χ4n) is 1.99. The van der Waals surface area contributed by atoms with Gasteiger partial charge in [-0.2, -0.15) is 0 Å². The fourth-order valence-corrected chi connectivity index (χ4v) is 1.99. The Balaban J connectivity index is 2.33. The second-order valence-corrected chi connectivity index (χ2v) is 4.59. The molecule has 1 heterocycles. The van der Waals surface area contributed by atoms with E-state index in [4.69, 9.17) is 8.85 Å². The Hall–Kier alpha value is -0.300. The molecule has 0 aromatic heterocycles. The Morgan fingerprint density at radius 1 is 1.62 bits per heavy atom. The van der Waals surface area contributed by atoms with Gasteiger partial charge in [0.15, 0.2) is 0 Å². The van der Waals surface area contributed by atoms with Crippen molar-refractivity contribution in [3.05, 3.63) is 11.6 Å². The van der Waals surface area contributed by atoms with Gasteiger partial charge in [0.1, 0.15) is 0 Å². The Morgan fingerprint density at radius 3 is 3.00 bits per heavy atom. The van der Waals surface area contributed by atoms with E-state index in [0.717, 1.165) is 31.3 Å². The van der Waals surface area contributed by atoms with Gasteiger partial charge in [0.25, 0.3) is 0 Å². The zero-order chi connectivity index (χ0) is 12.0. The molecule has 13 heavy (non-hydrogen) atoms. The van der Waals surface area contributed by atoms with Gasteiger partial charge in [0.05, 0.1) is 14.9 Å². The molecule has 1 aliphatic heterocycles. The van der Waals surface area contributed by atoms with Crippen LogP contribution < -0.4 is 0 Å². The summed E-state index contributed by atoms with van der Waals surface area (Å²) < 4.78 is 29.8. The molecule has 0 aromatic carbocycles. The second-order valence-electron chi connectivity index (χ2n) is 4.59. The summed E-state index contributed by atoms with van der Waals surface area (Å²) in [6.45, 7) is 1.87. The molecule has 0 amide bonds. The highest BCUT2D eigenvalue weighted by atomic mass is 16.5. The molecule has 2 rings (SSSR count). The van der Waals surface area contributed by atoms with Gasteiger partial charge in [-0.3, -0.25) is 0 Å². The predicted octanol–water partition coefficient (Wildman–Crippen LogP) is 3.30. The van der Waals surface area contributed by atoms with Crippen LogP contribution in [0, 0.1) is 5.89 Å². The Labute approximate surface area is 85.4 Å². The average Bonchev–Trinajstić information content (AvgIpc) is 2.33. The molecule has 0 radical (unpaired) electrons. The third kappa shape index (κ3) is 2.14. The Bertz CT molecular complexity index is 322. The van der Waals surface area contributed by atoms with Crippen LogP contribution in [0.4, 0.5) is 0 Å². The van der Waals surface area contributed by atoms with E-state index in [0.29, 0.717) is 6.42 Å². The van der Waals surface area contributed by atoms with Crippen molar-refractivity contribution in [3.63, 3.8) is 0 Å². The van der Waals surface area contributed by atoms with E-state index in [1.54, 1.807) is 0 Å². The zero-order valence-electron chi connectivity index (χ0n) is 11.5. The smallest absolute Gasteiger partial charge is 0.0633 e. The van der Waals surface area contributed by atoms with Gasteiger partial charge in [-0.15, -0.1) is 0 Å². The maximum Gasteiger partial charge on any atom is 0.0633 e. The van der Waals surface area contributed by atoms with Crippen molar-refractivity contribution in [1.29, 1.82) is 0 Å². The van der Waals surface area contributed by atoms with Crippen LogP contribution in [0.1, 0.15) is 50.1 Å². The SMILES string of the molecule is [2H]C1([2H])OC(C)(C)CC1([2H])C1=CCCCC1. The normalized spacial score (nSPS) is 46.0. The number of hydrogen-bond acceptors (Lipinski definition) is 1. The van der Waals surface area contributed by atoms with Crippen molar-refractivity contribution in [2.75, 3.05) is 6.56 Å². The van der Waals surface area contributed by atoms with Gasteiger partial charge < -0.3 is 4.74 Å². The minimum absolute atomic E-state index is 0.443. The van der Waals surface area contributed by atoms with Crippen LogP contribution in [-0.4, -0.2) is 12.2 Å². The van der Waals surface area contributed by atoms with Gasteiger partial charge in [-0.1, -0.05) is 11.6 Å². The highest BCUT2D eigenvalue weighted by Crippen LogP contribution is 2.36. The van der Waals surface area contributed by atoms with E-state index in [-0.39, 0.29) is 0 Å². The van der Waals surface area contributed by atoms with Gasteiger partial charge in [0.2, 0.25) is 0 Å². The molecule has 0 aromatic rings. The zero-order valence-corrected chi connectivity index (χ0v) is 8.52. The average molecular weight is 183 g/mol. The molecule has 1 fully saturated rings. The van der Waals surface area contributed by atoms with Crippen molar-refractivity contribution in [1.82, 2.24) is 0 Å². The van der Waals surface area contributed by atoms with Gasteiger partial charge in [-0.05, 0) is 46.0 Å². The molecule has 2 aliphatic rings. The molecular formula is C12H20O. The number of allylic oxidation sites excluding steroid dienone is 1. The number of ether oxygens (including phenoxy) is 1. The first-order valence-electron chi connectivity index (χ1n) is 6.67. The summed E-state index contributed by atoms with van der Waals surface area (Å²) in [7, 11) is 0. The minimum atomic E-state index is -1.86. The molecule has 1 heteroatoms. The summed E-state index contributed by atoms with van der Waals surface area (Å²) in [4.78, 5) is 0. The summed E-state index contributed by atoms with van der Waals surface area (Å²) in [5.74, 6) is -1.18. The number of rotatable bonds is 1. The lowest BCUT2D eigenvalue weighted by Crippen LogP contribution is -2.17. The highest BCUT2D eigenvalue weighted by Gasteiger charge is 2.33. The predicted molar refractivity (Wildman–Crippen MR) is 54.7 cm³/mol. The van der Waals surface area contributed by atoms with Crippen LogP contribution >= 0.6 is 0 Å². The van der Waals surface area contributed by atoms with Crippen molar-refractivity contribution >= 4 is 0 Å². The lowest BCUT2D eigenvalue weighted by Gasteiger charge is -2.19. The minimum Gasteiger partial charge on any atom is -0.375 e. The summed E-state index contributed by atoms with van der Waals surface area (Å²) in [5.41, 5.74) is 0.401. The van der Waals surface area contributed by atoms with Crippen LogP contribution in [0.5, 0.6) is 0 Å². The molecule has 1 unspecified atom stereocenters. The third-order valence-electron chi connectivity index (χ3n) is 2.73. The summed E-state index contributed by atoms with van der Waals surface area (Å²) in [6, 6.07) is 0. The Morgan fingerprint density at radius 2 is 2.46 bits per heavy atom. The van der Waals surface area contributed by atoms with E-state index in [1.807, 2.05) is 13.8 Å². The summed E-state index contributed by atoms with van der Waals surface area (Å²) >= 11 is 0. The van der Waals surface area contributed by atoms with Crippen LogP contribution in [0.3, 0.4) is 0 Å². The quantitative estimate of drug-likeness (QED) is 0.567.